The van der Waals surface area contributed by atoms with Crippen LogP contribution in [0.5, 0.6) is 0 Å². The van der Waals surface area contributed by atoms with Crippen LogP contribution in [0.1, 0.15) is 18.2 Å². The van der Waals surface area contributed by atoms with Gasteiger partial charge in [-0.25, -0.2) is 4.98 Å². The average Bonchev–Trinajstić information content (AvgIpc) is 2.92. The number of para-hydroxylation sites is 1. The summed E-state index contributed by atoms with van der Waals surface area (Å²) in [5, 5.41) is 1.92. The largest absolute Gasteiger partial charge is 0.390 e. The lowest BCUT2D eigenvalue weighted by Gasteiger charge is -1.91. The molecular weight excluding hydrogens is 260 g/mol. The summed E-state index contributed by atoms with van der Waals surface area (Å²) < 4.78 is 1.22. The van der Waals surface area contributed by atoms with E-state index < -0.39 is 0 Å². The molecule has 0 unspecified atom stereocenters. The van der Waals surface area contributed by atoms with Crippen LogP contribution in [0.4, 0.5) is 5.00 Å². The number of hydrogen-bond donors (Lipinski definition) is 1. The predicted octanol–water partition coefficient (Wildman–Crippen LogP) is 4.56. The maximum absolute atomic E-state index is 6.11. The van der Waals surface area contributed by atoms with Crippen LogP contribution in [0.15, 0.2) is 30.3 Å². The molecule has 0 aliphatic rings. The number of rotatable bonds is 3. The molecule has 92 valence electrons. The third kappa shape index (κ3) is 2.02. The third-order valence-corrected chi connectivity index (χ3v) is 4.93. The van der Waals surface area contributed by atoms with E-state index in [2.05, 4.69) is 24.0 Å². The van der Waals surface area contributed by atoms with Crippen LogP contribution < -0.4 is 5.73 Å². The van der Waals surface area contributed by atoms with Gasteiger partial charge < -0.3 is 5.73 Å². The summed E-state index contributed by atoms with van der Waals surface area (Å²) in [7, 11) is 0. The van der Waals surface area contributed by atoms with Crippen LogP contribution >= 0.6 is 22.7 Å². The van der Waals surface area contributed by atoms with Gasteiger partial charge in [-0.05, 0) is 24.6 Å². The van der Waals surface area contributed by atoms with Crippen molar-refractivity contribution in [3.63, 3.8) is 0 Å². The molecule has 18 heavy (non-hydrogen) atoms. The number of aromatic nitrogens is 1. The molecule has 2 nitrogen and oxygen atoms in total. The minimum atomic E-state index is 0.887. The van der Waals surface area contributed by atoms with Crippen LogP contribution in [0.2, 0.25) is 0 Å². The SMILES string of the molecule is CCCc1cc(-c2nc3ccccc3s2)c(N)s1. The minimum Gasteiger partial charge on any atom is -0.390 e. The fourth-order valence-corrected chi connectivity index (χ4v) is 4.07. The summed E-state index contributed by atoms with van der Waals surface area (Å²) in [5.41, 5.74) is 8.27. The van der Waals surface area contributed by atoms with Crippen LogP contribution in [0, 0.1) is 0 Å². The third-order valence-electron chi connectivity index (χ3n) is 2.83. The van der Waals surface area contributed by atoms with Gasteiger partial charge in [-0.2, -0.15) is 0 Å². The Morgan fingerprint density at radius 2 is 2.06 bits per heavy atom. The lowest BCUT2D eigenvalue weighted by atomic mass is 10.2. The van der Waals surface area contributed by atoms with Gasteiger partial charge >= 0.3 is 0 Å². The highest BCUT2D eigenvalue weighted by Crippen LogP contribution is 2.38. The number of thiazole rings is 1. The molecule has 1 aromatic carbocycles. The van der Waals surface area contributed by atoms with E-state index in [1.807, 2.05) is 18.2 Å². The number of benzene rings is 1. The van der Waals surface area contributed by atoms with Crippen molar-refractivity contribution in [2.24, 2.45) is 0 Å². The van der Waals surface area contributed by atoms with Gasteiger partial charge in [0.15, 0.2) is 0 Å². The monoisotopic (exact) mass is 274 g/mol. The van der Waals surface area contributed by atoms with Gasteiger partial charge in [0, 0.05) is 10.4 Å². The fourth-order valence-electron chi connectivity index (χ4n) is 1.98. The Balaban J connectivity index is 2.08. The Kier molecular flexibility index (Phi) is 3.06. The van der Waals surface area contributed by atoms with E-state index >= 15 is 0 Å². The van der Waals surface area contributed by atoms with Gasteiger partial charge in [-0.15, -0.1) is 22.7 Å². The molecular formula is C14H14N2S2. The van der Waals surface area contributed by atoms with Gasteiger partial charge in [0.1, 0.15) is 5.01 Å². The second-order valence-corrected chi connectivity index (χ2v) is 6.43. The number of thiophene rings is 1. The van der Waals surface area contributed by atoms with E-state index in [9.17, 15) is 0 Å². The standard InChI is InChI=1S/C14H14N2S2/c1-2-5-9-8-10(13(15)17-9)14-16-11-6-3-4-7-12(11)18-14/h3-4,6-8H,2,5,15H2,1H3. The van der Waals surface area contributed by atoms with E-state index in [4.69, 9.17) is 5.73 Å². The quantitative estimate of drug-likeness (QED) is 0.760. The Bertz CT molecular complexity index is 649. The molecule has 2 aromatic heterocycles. The summed E-state index contributed by atoms with van der Waals surface area (Å²) >= 11 is 3.40. The lowest BCUT2D eigenvalue weighted by Crippen LogP contribution is -1.81. The molecule has 0 bridgehead atoms. The number of fused-ring (bicyclic) bond motifs is 1. The van der Waals surface area contributed by atoms with Crippen molar-refractivity contribution in [3.05, 3.63) is 35.2 Å². The summed E-state index contributed by atoms with van der Waals surface area (Å²) in [5.74, 6) is 0. The number of anilines is 1. The van der Waals surface area contributed by atoms with Crippen molar-refractivity contribution in [3.8, 4) is 10.6 Å². The van der Waals surface area contributed by atoms with Crippen molar-refractivity contribution in [1.29, 1.82) is 0 Å². The Morgan fingerprint density at radius 1 is 1.22 bits per heavy atom. The number of nitrogens with two attached hydrogens (primary N) is 1. The topological polar surface area (TPSA) is 38.9 Å². The zero-order valence-corrected chi connectivity index (χ0v) is 11.8. The van der Waals surface area contributed by atoms with E-state index in [1.165, 1.54) is 9.58 Å². The zero-order valence-electron chi connectivity index (χ0n) is 10.1. The first kappa shape index (κ1) is 11.7. The molecule has 0 fully saturated rings. The Morgan fingerprint density at radius 3 is 2.83 bits per heavy atom. The summed E-state index contributed by atoms with van der Waals surface area (Å²) in [6, 6.07) is 10.4. The molecule has 2 heterocycles. The molecule has 0 spiro atoms. The molecule has 4 heteroatoms. The van der Waals surface area contributed by atoms with E-state index in [0.29, 0.717) is 0 Å². The van der Waals surface area contributed by atoms with Gasteiger partial charge in [-0.1, -0.05) is 25.5 Å². The van der Waals surface area contributed by atoms with Crippen molar-refractivity contribution in [1.82, 2.24) is 4.98 Å². The first-order valence-corrected chi connectivity index (χ1v) is 7.65. The molecule has 0 aliphatic carbocycles. The zero-order chi connectivity index (χ0) is 12.5. The predicted molar refractivity (Wildman–Crippen MR) is 81.3 cm³/mol. The first-order valence-electron chi connectivity index (χ1n) is 6.02. The number of nitrogen functional groups attached to an aromatic ring is 1. The van der Waals surface area contributed by atoms with Crippen molar-refractivity contribution in [2.45, 2.75) is 19.8 Å². The highest BCUT2D eigenvalue weighted by molar-refractivity contribution is 7.22. The maximum Gasteiger partial charge on any atom is 0.127 e. The van der Waals surface area contributed by atoms with Crippen molar-refractivity contribution in [2.75, 3.05) is 5.73 Å². The lowest BCUT2D eigenvalue weighted by molar-refractivity contribution is 0.940. The first-order chi connectivity index (χ1) is 8.78. The van der Waals surface area contributed by atoms with E-state index in [0.717, 1.165) is 33.9 Å². The number of hydrogen-bond acceptors (Lipinski definition) is 4. The molecule has 0 saturated carbocycles. The van der Waals surface area contributed by atoms with Gasteiger partial charge in [0.05, 0.1) is 15.2 Å². The van der Waals surface area contributed by atoms with Crippen molar-refractivity contribution >= 4 is 37.9 Å². The number of nitrogens with zero attached hydrogens (tertiary/aromatic N) is 1. The summed E-state index contributed by atoms with van der Waals surface area (Å²) in [6.45, 7) is 2.19. The second-order valence-electron chi connectivity index (χ2n) is 4.23. The van der Waals surface area contributed by atoms with Gasteiger partial charge in [0.25, 0.3) is 0 Å². The van der Waals surface area contributed by atoms with Crippen LogP contribution in [0.25, 0.3) is 20.8 Å². The Hall–Kier alpha value is -1.39. The summed E-state index contributed by atoms with van der Waals surface area (Å²) in [6.07, 6.45) is 2.25. The minimum absolute atomic E-state index is 0.887. The molecule has 0 saturated heterocycles. The van der Waals surface area contributed by atoms with Crippen molar-refractivity contribution < 1.29 is 0 Å². The van der Waals surface area contributed by atoms with Crippen LogP contribution in [0.3, 0.4) is 0 Å². The molecule has 0 radical (unpaired) electrons. The van der Waals surface area contributed by atoms with Gasteiger partial charge in [-0.3, -0.25) is 0 Å². The normalized spacial score (nSPS) is 11.2. The fraction of sp³-hybridized carbons (Fsp3) is 0.214. The van der Waals surface area contributed by atoms with E-state index in [1.54, 1.807) is 22.7 Å². The smallest absolute Gasteiger partial charge is 0.127 e. The summed E-state index contributed by atoms with van der Waals surface area (Å²) in [4.78, 5) is 6.01. The maximum atomic E-state index is 6.11. The number of aryl methyl sites for hydroxylation is 1. The average molecular weight is 274 g/mol. The van der Waals surface area contributed by atoms with E-state index in [-0.39, 0.29) is 0 Å². The highest BCUT2D eigenvalue weighted by Gasteiger charge is 2.12. The van der Waals surface area contributed by atoms with Crippen LogP contribution in [-0.2, 0) is 6.42 Å². The highest BCUT2D eigenvalue weighted by atomic mass is 32.1. The molecule has 3 rings (SSSR count). The molecule has 0 aliphatic heterocycles. The second kappa shape index (κ2) is 4.71. The Labute approximate surface area is 114 Å². The molecule has 0 amide bonds. The molecule has 0 atom stereocenters. The molecule has 2 N–H and O–H groups in total. The van der Waals surface area contributed by atoms with Gasteiger partial charge in [0.2, 0.25) is 0 Å². The van der Waals surface area contributed by atoms with Crippen LogP contribution in [-0.4, -0.2) is 4.98 Å². The molecule has 3 aromatic rings.